The van der Waals surface area contributed by atoms with Gasteiger partial charge in [0, 0.05) is 23.7 Å². The Balaban J connectivity index is 2.05. The van der Waals surface area contributed by atoms with E-state index in [9.17, 15) is 5.11 Å². The molecule has 5 nitrogen and oxygen atoms in total. The van der Waals surface area contributed by atoms with Gasteiger partial charge in [-0.3, -0.25) is 0 Å². The van der Waals surface area contributed by atoms with Gasteiger partial charge in [-0.2, -0.15) is 4.98 Å². The minimum atomic E-state index is -0.254. The predicted molar refractivity (Wildman–Crippen MR) is 60.4 cm³/mol. The maximum absolute atomic E-state index is 9.62. The SMILES string of the molecule is COc1ccnc(NC2CC(O)C2(C)C)n1. The van der Waals surface area contributed by atoms with E-state index in [1.165, 1.54) is 0 Å². The molecule has 2 N–H and O–H groups in total. The highest BCUT2D eigenvalue weighted by atomic mass is 16.5. The molecule has 1 aliphatic rings. The lowest BCUT2D eigenvalue weighted by Crippen LogP contribution is -2.57. The molecule has 2 unspecified atom stereocenters. The van der Waals surface area contributed by atoms with Gasteiger partial charge in [0.15, 0.2) is 0 Å². The maximum atomic E-state index is 9.62. The number of aromatic nitrogens is 2. The fourth-order valence-electron chi connectivity index (χ4n) is 1.83. The van der Waals surface area contributed by atoms with Gasteiger partial charge in [0.2, 0.25) is 11.8 Å². The van der Waals surface area contributed by atoms with Crippen LogP contribution in [0.4, 0.5) is 5.95 Å². The third kappa shape index (κ3) is 1.82. The Morgan fingerprint density at radius 3 is 2.88 bits per heavy atom. The molecule has 0 amide bonds. The Labute approximate surface area is 94.9 Å². The predicted octanol–water partition coefficient (Wildman–Crippen LogP) is 1.06. The molecule has 16 heavy (non-hydrogen) atoms. The van der Waals surface area contributed by atoms with Crippen LogP contribution in [0.15, 0.2) is 12.3 Å². The normalized spacial score (nSPS) is 27.0. The second-order valence-corrected chi connectivity index (χ2v) is 4.69. The van der Waals surface area contributed by atoms with Gasteiger partial charge in [-0.1, -0.05) is 13.8 Å². The molecule has 0 spiro atoms. The van der Waals surface area contributed by atoms with Gasteiger partial charge in [0.25, 0.3) is 0 Å². The summed E-state index contributed by atoms with van der Waals surface area (Å²) in [6.45, 7) is 4.05. The molecule has 1 heterocycles. The smallest absolute Gasteiger partial charge is 0.226 e. The van der Waals surface area contributed by atoms with Gasteiger partial charge in [0.1, 0.15) is 0 Å². The average Bonchev–Trinajstić information content (AvgIpc) is 2.29. The zero-order valence-electron chi connectivity index (χ0n) is 9.77. The third-order valence-electron chi connectivity index (χ3n) is 3.36. The molecule has 2 atom stereocenters. The molecule has 0 aromatic carbocycles. The Bertz CT molecular complexity index is 381. The van der Waals surface area contributed by atoms with E-state index in [0.717, 1.165) is 6.42 Å². The van der Waals surface area contributed by atoms with Crippen molar-refractivity contribution < 1.29 is 9.84 Å². The summed E-state index contributed by atoms with van der Waals surface area (Å²) < 4.78 is 5.02. The van der Waals surface area contributed by atoms with Crippen molar-refractivity contribution in [2.45, 2.75) is 32.4 Å². The molecule has 1 aliphatic carbocycles. The number of rotatable bonds is 3. The monoisotopic (exact) mass is 223 g/mol. The number of hydrogen-bond acceptors (Lipinski definition) is 5. The lowest BCUT2D eigenvalue weighted by molar-refractivity contribution is -0.0512. The van der Waals surface area contributed by atoms with E-state index < -0.39 is 0 Å². The van der Waals surface area contributed by atoms with Crippen molar-refractivity contribution in [3.63, 3.8) is 0 Å². The first kappa shape index (κ1) is 11.1. The minimum absolute atomic E-state index is 0.133. The van der Waals surface area contributed by atoms with E-state index in [0.29, 0.717) is 11.8 Å². The molecule has 1 saturated carbocycles. The summed E-state index contributed by atoms with van der Waals surface area (Å²) >= 11 is 0. The Kier molecular flexibility index (Phi) is 2.71. The molecular formula is C11H17N3O2. The summed E-state index contributed by atoms with van der Waals surface area (Å²) in [5, 5.41) is 12.8. The molecule has 0 bridgehead atoms. The standard InChI is InChI=1S/C11H17N3O2/c1-11(2)7(6-8(11)15)13-10-12-5-4-9(14-10)16-3/h4-5,7-8,15H,6H2,1-3H3,(H,12,13,14). The zero-order chi connectivity index (χ0) is 11.8. The molecule has 0 saturated heterocycles. The van der Waals surface area contributed by atoms with Crippen LogP contribution in [-0.4, -0.2) is 34.3 Å². The number of aliphatic hydroxyl groups is 1. The summed E-state index contributed by atoms with van der Waals surface area (Å²) in [6, 6.07) is 1.90. The molecule has 0 aliphatic heterocycles. The largest absolute Gasteiger partial charge is 0.481 e. The fourth-order valence-corrected chi connectivity index (χ4v) is 1.83. The van der Waals surface area contributed by atoms with Crippen molar-refractivity contribution in [1.82, 2.24) is 9.97 Å². The lowest BCUT2D eigenvalue weighted by Gasteiger charge is -2.49. The van der Waals surface area contributed by atoms with Gasteiger partial charge >= 0.3 is 0 Å². The lowest BCUT2D eigenvalue weighted by atomic mass is 9.65. The van der Waals surface area contributed by atoms with Crippen molar-refractivity contribution in [1.29, 1.82) is 0 Å². The van der Waals surface area contributed by atoms with Crippen LogP contribution < -0.4 is 10.1 Å². The fraction of sp³-hybridized carbons (Fsp3) is 0.636. The van der Waals surface area contributed by atoms with Crippen LogP contribution in [0.3, 0.4) is 0 Å². The number of anilines is 1. The van der Waals surface area contributed by atoms with E-state index >= 15 is 0 Å². The molecule has 0 radical (unpaired) electrons. The number of methoxy groups -OCH3 is 1. The van der Waals surface area contributed by atoms with Gasteiger partial charge in [-0.25, -0.2) is 4.98 Å². The first-order valence-electron chi connectivity index (χ1n) is 5.35. The summed E-state index contributed by atoms with van der Waals surface area (Å²) in [5.74, 6) is 1.08. The van der Waals surface area contributed by atoms with Crippen molar-refractivity contribution in [3.8, 4) is 5.88 Å². The van der Waals surface area contributed by atoms with Crippen LogP contribution >= 0.6 is 0 Å². The first-order chi connectivity index (χ1) is 7.54. The van der Waals surface area contributed by atoms with Crippen molar-refractivity contribution in [3.05, 3.63) is 12.3 Å². The first-order valence-corrected chi connectivity index (χ1v) is 5.35. The number of hydrogen-bond donors (Lipinski definition) is 2. The highest BCUT2D eigenvalue weighted by molar-refractivity contribution is 5.31. The number of aliphatic hydroxyl groups excluding tert-OH is 1. The van der Waals surface area contributed by atoms with Crippen LogP contribution in [0.2, 0.25) is 0 Å². The van der Waals surface area contributed by atoms with Crippen LogP contribution in [-0.2, 0) is 0 Å². The summed E-state index contributed by atoms with van der Waals surface area (Å²) in [4.78, 5) is 8.29. The molecular weight excluding hydrogens is 206 g/mol. The summed E-state index contributed by atoms with van der Waals surface area (Å²) in [7, 11) is 1.57. The molecule has 88 valence electrons. The molecule has 5 heteroatoms. The number of ether oxygens (including phenoxy) is 1. The van der Waals surface area contributed by atoms with E-state index in [-0.39, 0.29) is 17.6 Å². The second kappa shape index (κ2) is 3.90. The quantitative estimate of drug-likeness (QED) is 0.802. The van der Waals surface area contributed by atoms with Crippen molar-refractivity contribution >= 4 is 5.95 Å². The maximum Gasteiger partial charge on any atom is 0.226 e. The highest BCUT2D eigenvalue weighted by Gasteiger charge is 2.47. The van der Waals surface area contributed by atoms with E-state index in [2.05, 4.69) is 15.3 Å². The van der Waals surface area contributed by atoms with Crippen LogP contribution in [0.25, 0.3) is 0 Å². The van der Waals surface area contributed by atoms with Crippen molar-refractivity contribution in [2.75, 3.05) is 12.4 Å². The Morgan fingerprint density at radius 1 is 1.56 bits per heavy atom. The average molecular weight is 223 g/mol. The third-order valence-corrected chi connectivity index (χ3v) is 3.36. The van der Waals surface area contributed by atoms with Gasteiger partial charge in [0.05, 0.1) is 13.2 Å². The van der Waals surface area contributed by atoms with Gasteiger partial charge < -0.3 is 15.2 Å². The summed E-state index contributed by atoms with van der Waals surface area (Å²) in [5.41, 5.74) is -0.133. The Morgan fingerprint density at radius 2 is 2.31 bits per heavy atom. The zero-order valence-corrected chi connectivity index (χ0v) is 9.77. The van der Waals surface area contributed by atoms with Crippen LogP contribution in [0.5, 0.6) is 5.88 Å². The van der Waals surface area contributed by atoms with Crippen LogP contribution in [0, 0.1) is 5.41 Å². The van der Waals surface area contributed by atoms with E-state index in [1.807, 2.05) is 13.8 Å². The molecule has 1 aromatic heterocycles. The summed E-state index contributed by atoms with van der Waals surface area (Å²) in [6.07, 6.45) is 2.12. The molecule has 1 fully saturated rings. The Hall–Kier alpha value is -1.36. The molecule has 2 rings (SSSR count). The van der Waals surface area contributed by atoms with Gasteiger partial charge in [-0.15, -0.1) is 0 Å². The van der Waals surface area contributed by atoms with Crippen molar-refractivity contribution in [2.24, 2.45) is 5.41 Å². The topological polar surface area (TPSA) is 67.3 Å². The minimum Gasteiger partial charge on any atom is -0.481 e. The van der Waals surface area contributed by atoms with Crippen LogP contribution in [0.1, 0.15) is 20.3 Å². The van der Waals surface area contributed by atoms with E-state index in [1.54, 1.807) is 19.4 Å². The highest BCUT2D eigenvalue weighted by Crippen LogP contribution is 2.41. The molecule has 1 aromatic rings. The van der Waals surface area contributed by atoms with Gasteiger partial charge in [-0.05, 0) is 6.42 Å². The second-order valence-electron chi connectivity index (χ2n) is 4.69. The van der Waals surface area contributed by atoms with E-state index in [4.69, 9.17) is 4.74 Å². The number of nitrogens with zero attached hydrogens (tertiary/aromatic N) is 2. The number of nitrogens with one attached hydrogen (secondary N) is 1.